The van der Waals surface area contributed by atoms with E-state index in [1.165, 1.54) is 37.4 Å². The Kier molecular flexibility index (Phi) is 9.23. The standard InChI is InChI=1S/C26H26N4O9/c1-16(32)29(18(14-31)12-23(34)35)30-21-11-7-6-10-20(21)28(22(33)15-39-2)13-19(26(30)38)27-25(37)24(36)17-8-4-3-5-9-17/h3-11,14,18-19H,12-13,15H2,1-2H3,(H,27,37)(H,34,35)/t18-,19-/m0/s1. The predicted molar refractivity (Wildman–Crippen MR) is 135 cm³/mol. The summed E-state index contributed by atoms with van der Waals surface area (Å²) in [6.45, 7) is 0.164. The van der Waals surface area contributed by atoms with Crippen molar-refractivity contribution in [1.82, 2.24) is 10.3 Å². The molecular weight excluding hydrogens is 512 g/mol. The van der Waals surface area contributed by atoms with Gasteiger partial charge in [0.05, 0.1) is 24.3 Å². The summed E-state index contributed by atoms with van der Waals surface area (Å²) in [5.74, 6) is -5.98. The highest BCUT2D eigenvalue weighted by Gasteiger charge is 2.43. The Hall–Kier alpha value is -4.91. The maximum atomic E-state index is 14.0. The van der Waals surface area contributed by atoms with Gasteiger partial charge in [-0.25, -0.2) is 10.0 Å². The van der Waals surface area contributed by atoms with E-state index in [-0.39, 0.29) is 23.2 Å². The van der Waals surface area contributed by atoms with Crippen molar-refractivity contribution < 1.29 is 43.4 Å². The molecule has 0 unspecified atom stereocenters. The number of carboxylic acids is 1. The Morgan fingerprint density at radius 2 is 1.69 bits per heavy atom. The zero-order chi connectivity index (χ0) is 28.7. The fourth-order valence-electron chi connectivity index (χ4n) is 4.10. The normalized spacial score (nSPS) is 15.4. The first-order valence-electron chi connectivity index (χ1n) is 11.7. The fraction of sp³-hybridized carbons (Fsp3) is 0.269. The monoisotopic (exact) mass is 538 g/mol. The number of hydrazine groups is 1. The summed E-state index contributed by atoms with van der Waals surface area (Å²) in [5.41, 5.74) is 0.132. The third-order valence-electron chi connectivity index (χ3n) is 5.78. The summed E-state index contributed by atoms with van der Waals surface area (Å²) in [6.07, 6.45) is -0.623. The van der Waals surface area contributed by atoms with Gasteiger partial charge in [-0.15, -0.1) is 0 Å². The number of ether oxygens (including phenoxy) is 1. The number of Topliss-reactive ketones (excluding diaryl/α,β-unsaturated/α-hetero) is 1. The van der Waals surface area contributed by atoms with Crippen molar-refractivity contribution in [2.24, 2.45) is 0 Å². The minimum atomic E-state index is -1.61. The molecule has 2 atom stereocenters. The minimum absolute atomic E-state index is 0.0365. The van der Waals surface area contributed by atoms with Crippen molar-refractivity contribution in [2.45, 2.75) is 25.4 Å². The van der Waals surface area contributed by atoms with Crippen LogP contribution in [-0.4, -0.2) is 84.1 Å². The number of carboxylic acid groups (broad SMARTS) is 1. The quantitative estimate of drug-likeness (QED) is 0.243. The molecule has 13 heteroatoms. The SMILES string of the molecule is COCC(=O)N1C[C@H](NC(=O)C(=O)c2ccccc2)C(=O)N(N(C(C)=O)[C@H](C=O)CC(=O)O)c2ccccc21. The molecule has 2 N–H and O–H groups in total. The summed E-state index contributed by atoms with van der Waals surface area (Å²) in [5, 5.41) is 13.1. The zero-order valence-corrected chi connectivity index (χ0v) is 21.1. The molecule has 13 nitrogen and oxygen atoms in total. The van der Waals surface area contributed by atoms with Gasteiger partial charge in [-0.2, -0.15) is 0 Å². The van der Waals surface area contributed by atoms with Gasteiger partial charge in [0.1, 0.15) is 25.0 Å². The third-order valence-corrected chi connectivity index (χ3v) is 5.78. The number of carbonyl (C=O) groups excluding carboxylic acids is 6. The Morgan fingerprint density at radius 1 is 1.08 bits per heavy atom. The molecule has 3 rings (SSSR count). The van der Waals surface area contributed by atoms with E-state index in [0.29, 0.717) is 5.01 Å². The summed E-state index contributed by atoms with van der Waals surface area (Å²) < 4.78 is 4.96. The average molecular weight is 539 g/mol. The number of aldehydes is 1. The van der Waals surface area contributed by atoms with Crippen LogP contribution in [0.3, 0.4) is 0 Å². The molecule has 0 bridgehead atoms. The Bertz CT molecular complexity index is 1300. The molecule has 4 amide bonds. The number of hydrogen-bond donors (Lipinski definition) is 2. The number of carbonyl (C=O) groups is 7. The van der Waals surface area contributed by atoms with E-state index in [1.807, 2.05) is 0 Å². The van der Waals surface area contributed by atoms with Crippen LogP contribution in [0.1, 0.15) is 23.7 Å². The van der Waals surface area contributed by atoms with Crippen molar-refractivity contribution in [3.8, 4) is 0 Å². The molecule has 0 saturated heterocycles. The Labute approximate surface area is 222 Å². The van der Waals surface area contributed by atoms with Gasteiger partial charge in [-0.05, 0) is 12.1 Å². The highest BCUT2D eigenvalue weighted by atomic mass is 16.5. The average Bonchev–Trinajstić information content (AvgIpc) is 3.03. The lowest BCUT2D eigenvalue weighted by atomic mass is 10.1. The fourth-order valence-corrected chi connectivity index (χ4v) is 4.10. The highest BCUT2D eigenvalue weighted by Crippen LogP contribution is 2.35. The number of methoxy groups -OCH3 is 1. The number of nitrogens with one attached hydrogen (secondary N) is 1. The summed E-state index contributed by atoms with van der Waals surface area (Å²) >= 11 is 0. The van der Waals surface area contributed by atoms with E-state index in [0.717, 1.165) is 16.8 Å². The maximum Gasteiger partial charge on any atom is 0.305 e. The Balaban J connectivity index is 2.15. The van der Waals surface area contributed by atoms with Gasteiger partial charge in [-0.3, -0.25) is 28.8 Å². The summed E-state index contributed by atoms with van der Waals surface area (Å²) in [7, 11) is 1.29. The van der Waals surface area contributed by atoms with Gasteiger partial charge >= 0.3 is 5.97 Å². The van der Waals surface area contributed by atoms with Crippen LogP contribution in [0.2, 0.25) is 0 Å². The van der Waals surface area contributed by atoms with Crippen LogP contribution in [0.15, 0.2) is 54.6 Å². The predicted octanol–water partition coefficient (Wildman–Crippen LogP) is 0.186. The lowest BCUT2D eigenvalue weighted by Gasteiger charge is -2.38. The number of aliphatic carboxylic acids is 1. The van der Waals surface area contributed by atoms with Crippen molar-refractivity contribution >= 4 is 53.0 Å². The van der Waals surface area contributed by atoms with Crippen molar-refractivity contribution in [3.05, 3.63) is 60.2 Å². The molecule has 0 saturated carbocycles. The van der Waals surface area contributed by atoms with Crippen molar-refractivity contribution in [2.75, 3.05) is 30.2 Å². The molecular formula is C26H26N4O9. The zero-order valence-electron chi connectivity index (χ0n) is 21.1. The number of nitrogens with zero attached hydrogens (tertiary/aromatic N) is 3. The first kappa shape index (κ1) is 28.7. The van der Waals surface area contributed by atoms with Crippen LogP contribution in [0.25, 0.3) is 0 Å². The molecule has 2 aromatic carbocycles. The minimum Gasteiger partial charge on any atom is -0.481 e. The van der Waals surface area contributed by atoms with Gasteiger partial charge in [-0.1, -0.05) is 42.5 Å². The number of hydrogen-bond acceptors (Lipinski definition) is 8. The molecule has 1 aliphatic heterocycles. The van der Waals surface area contributed by atoms with Crippen molar-refractivity contribution in [3.63, 3.8) is 0 Å². The van der Waals surface area contributed by atoms with Gasteiger partial charge < -0.3 is 24.9 Å². The largest absolute Gasteiger partial charge is 0.481 e. The van der Waals surface area contributed by atoms with Gasteiger partial charge in [0.15, 0.2) is 0 Å². The second kappa shape index (κ2) is 12.6. The van der Waals surface area contributed by atoms with E-state index in [1.54, 1.807) is 24.3 Å². The third kappa shape index (κ3) is 6.33. The topological polar surface area (TPSA) is 171 Å². The Morgan fingerprint density at radius 3 is 2.26 bits per heavy atom. The second-order valence-corrected chi connectivity index (χ2v) is 8.46. The second-order valence-electron chi connectivity index (χ2n) is 8.46. The van der Waals surface area contributed by atoms with Crippen LogP contribution in [-0.2, 0) is 33.5 Å². The van der Waals surface area contributed by atoms with E-state index >= 15 is 0 Å². The number of benzene rings is 2. The first-order valence-corrected chi connectivity index (χ1v) is 11.7. The van der Waals surface area contributed by atoms with Crippen LogP contribution >= 0.6 is 0 Å². The highest BCUT2D eigenvalue weighted by molar-refractivity contribution is 6.43. The summed E-state index contributed by atoms with van der Waals surface area (Å²) in [6, 6.07) is 10.3. The van der Waals surface area contributed by atoms with E-state index < -0.39 is 67.0 Å². The molecule has 0 aromatic heterocycles. The maximum absolute atomic E-state index is 14.0. The molecule has 204 valence electrons. The number of para-hydroxylation sites is 2. The molecule has 0 aliphatic carbocycles. The molecule has 0 fully saturated rings. The number of amides is 4. The van der Waals surface area contributed by atoms with E-state index in [4.69, 9.17) is 4.74 Å². The molecule has 1 heterocycles. The lowest BCUT2D eigenvalue weighted by molar-refractivity contribution is -0.145. The molecule has 1 aliphatic rings. The summed E-state index contributed by atoms with van der Waals surface area (Å²) in [4.78, 5) is 89.9. The van der Waals surface area contributed by atoms with Crippen LogP contribution in [0.5, 0.6) is 0 Å². The van der Waals surface area contributed by atoms with Crippen LogP contribution in [0.4, 0.5) is 11.4 Å². The number of ketones is 1. The molecule has 39 heavy (non-hydrogen) atoms. The molecule has 0 spiro atoms. The van der Waals surface area contributed by atoms with Crippen LogP contribution in [0, 0.1) is 0 Å². The lowest BCUT2D eigenvalue weighted by Crippen LogP contribution is -2.61. The number of fused-ring (bicyclic) bond motifs is 1. The van der Waals surface area contributed by atoms with Gasteiger partial charge in [0.2, 0.25) is 11.7 Å². The van der Waals surface area contributed by atoms with Gasteiger partial charge in [0.25, 0.3) is 17.7 Å². The number of anilines is 2. The van der Waals surface area contributed by atoms with E-state index in [9.17, 15) is 38.7 Å². The first-order chi connectivity index (χ1) is 18.6. The van der Waals surface area contributed by atoms with Crippen molar-refractivity contribution in [1.29, 1.82) is 0 Å². The smallest absolute Gasteiger partial charge is 0.305 e. The number of rotatable bonds is 10. The van der Waals surface area contributed by atoms with Crippen LogP contribution < -0.4 is 15.2 Å². The molecule has 2 aromatic rings. The molecule has 0 radical (unpaired) electrons. The van der Waals surface area contributed by atoms with E-state index in [2.05, 4.69) is 5.32 Å². The van der Waals surface area contributed by atoms with Gasteiger partial charge in [0, 0.05) is 19.6 Å².